The minimum absolute atomic E-state index is 0.0281. The Balaban J connectivity index is 1.76. The monoisotopic (exact) mass is 417 g/mol. The van der Waals surface area contributed by atoms with E-state index in [0.29, 0.717) is 24.1 Å². The zero-order valence-corrected chi connectivity index (χ0v) is 16.8. The van der Waals surface area contributed by atoms with Gasteiger partial charge in [-0.1, -0.05) is 19.1 Å². The molecular weight excluding hydrogens is 394 g/mol. The second kappa shape index (κ2) is 11.1. The highest BCUT2D eigenvalue weighted by Gasteiger charge is 2.12. The Morgan fingerprint density at radius 1 is 1.07 bits per heavy atom. The van der Waals surface area contributed by atoms with Gasteiger partial charge in [0, 0.05) is 30.6 Å². The van der Waals surface area contributed by atoms with Crippen molar-refractivity contribution < 1.29 is 22.7 Å². The number of aromatic nitrogens is 1. The molecule has 0 aliphatic rings. The van der Waals surface area contributed by atoms with Crippen LogP contribution in [0.15, 0.2) is 59.8 Å². The van der Waals surface area contributed by atoms with Gasteiger partial charge in [-0.05, 0) is 42.3 Å². The Kier molecular flexibility index (Phi) is 8.50. The van der Waals surface area contributed by atoms with Gasteiger partial charge in [-0.2, -0.15) is 0 Å². The molecule has 9 heteroatoms. The summed E-state index contributed by atoms with van der Waals surface area (Å²) in [7, 11) is -3.52. The zero-order chi connectivity index (χ0) is 21.1. The van der Waals surface area contributed by atoms with E-state index < -0.39 is 16.0 Å². The Morgan fingerprint density at radius 3 is 2.41 bits per heavy atom. The molecule has 1 aromatic heterocycles. The zero-order valence-electron chi connectivity index (χ0n) is 16.0. The number of hydrogen-bond acceptors (Lipinski definition) is 6. The Morgan fingerprint density at radius 2 is 1.76 bits per heavy atom. The summed E-state index contributed by atoms with van der Waals surface area (Å²) in [6.45, 7) is 2.46. The van der Waals surface area contributed by atoms with Gasteiger partial charge in [0.05, 0.1) is 11.4 Å². The van der Waals surface area contributed by atoms with Crippen molar-refractivity contribution in [1.29, 1.82) is 0 Å². The lowest BCUT2D eigenvalue weighted by Gasteiger charge is -2.06. The van der Waals surface area contributed by atoms with Gasteiger partial charge in [0.2, 0.25) is 10.0 Å². The highest BCUT2D eigenvalue weighted by atomic mass is 32.2. The van der Waals surface area contributed by atoms with Gasteiger partial charge < -0.3 is 10.1 Å². The average Bonchev–Trinajstić information content (AvgIpc) is 2.74. The van der Waals surface area contributed by atoms with Crippen LogP contribution in [-0.4, -0.2) is 45.0 Å². The van der Waals surface area contributed by atoms with Crippen LogP contribution in [0.4, 0.5) is 0 Å². The summed E-state index contributed by atoms with van der Waals surface area (Å²) in [5.74, 6) is -0.841. The van der Waals surface area contributed by atoms with Gasteiger partial charge in [-0.3, -0.25) is 9.78 Å². The van der Waals surface area contributed by atoms with Crippen molar-refractivity contribution in [2.75, 3.05) is 19.7 Å². The molecular formula is C20H23N3O5S. The van der Waals surface area contributed by atoms with Crippen LogP contribution in [0, 0.1) is 0 Å². The van der Waals surface area contributed by atoms with Crippen LogP contribution in [0.5, 0.6) is 0 Å². The van der Waals surface area contributed by atoms with E-state index in [4.69, 9.17) is 4.74 Å². The fourth-order valence-electron chi connectivity index (χ4n) is 2.21. The van der Waals surface area contributed by atoms with Gasteiger partial charge in [0.15, 0.2) is 0 Å². The first-order valence-corrected chi connectivity index (χ1v) is 10.5. The second-order valence-corrected chi connectivity index (χ2v) is 7.73. The quantitative estimate of drug-likeness (QED) is 0.346. The van der Waals surface area contributed by atoms with E-state index in [-0.39, 0.29) is 24.0 Å². The maximum atomic E-state index is 12.0. The van der Waals surface area contributed by atoms with E-state index in [1.165, 1.54) is 36.7 Å². The van der Waals surface area contributed by atoms with Crippen molar-refractivity contribution in [2.45, 2.75) is 18.2 Å². The SMILES string of the molecule is CCCNS(=O)(=O)c1ccc(/C=C/C(=O)OCCNC(=O)c2ccncc2)cc1. The molecule has 1 heterocycles. The lowest BCUT2D eigenvalue weighted by atomic mass is 10.2. The van der Waals surface area contributed by atoms with Crippen LogP contribution in [0.2, 0.25) is 0 Å². The highest BCUT2D eigenvalue weighted by Crippen LogP contribution is 2.11. The summed E-state index contributed by atoms with van der Waals surface area (Å²) in [5, 5.41) is 2.63. The van der Waals surface area contributed by atoms with E-state index in [2.05, 4.69) is 15.0 Å². The number of rotatable bonds is 10. The van der Waals surface area contributed by atoms with E-state index in [9.17, 15) is 18.0 Å². The minimum Gasteiger partial charge on any atom is -0.461 e. The predicted octanol–water partition coefficient (Wildman–Crippen LogP) is 1.76. The summed E-state index contributed by atoms with van der Waals surface area (Å²) < 4.78 is 31.5. The van der Waals surface area contributed by atoms with Gasteiger partial charge in [0.25, 0.3) is 5.91 Å². The Labute approximate surface area is 170 Å². The molecule has 0 spiro atoms. The van der Waals surface area contributed by atoms with Crippen molar-refractivity contribution >= 4 is 28.0 Å². The lowest BCUT2D eigenvalue weighted by Crippen LogP contribution is -2.27. The van der Waals surface area contributed by atoms with Crippen molar-refractivity contribution in [2.24, 2.45) is 0 Å². The summed E-state index contributed by atoms with van der Waals surface area (Å²) in [6, 6.07) is 9.30. The lowest BCUT2D eigenvalue weighted by molar-refractivity contribution is -0.137. The van der Waals surface area contributed by atoms with Crippen molar-refractivity contribution in [3.05, 3.63) is 66.0 Å². The molecule has 0 radical (unpaired) electrons. The minimum atomic E-state index is -3.52. The highest BCUT2D eigenvalue weighted by molar-refractivity contribution is 7.89. The maximum Gasteiger partial charge on any atom is 0.330 e. The van der Waals surface area contributed by atoms with Crippen LogP contribution in [-0.2, 0) is 19.6 Å². The van der Waals surface area contributed by atoms with E-state index >= 15 is 0 Å². The molecule has 0 aliphatic heterocycles. The third-order valence-corrected chi connectivity index (χ3v) is 5.20. The summed E-state index contributed by atoms with van der Waals surface area (Å²) in [4.78, 5) is 27.5. The standard InChI is InChI=1S/C20H23N3O5S/c1-2-11-23-29(26,27)18-6-3-16(4-7-18)5-8-19(24)28-15-14-22-20(25)17-9-12-21-13-10-17/h3-10,12-13,23H,2,11,14-15H2,1H3,(H,22,25)/b8-5+. The molecule has 0 saturated carbocycles. The van der Waals surface area contributed by atoms with Crippen LogP contribution in [0.3, 0.4) is 0 Å². The molecule has 1 aromatic carbocycles. The summed E-state index contributed by atoms with van der Waals surface area (Å²) >= 11 is 0. The number of carbonyl (C=O) groups excluding carboxylic acids is 2. The van der Waals surface area contributed by atoms with Gasteiger partial charge in [-0.25, -0.2) is 17.9 Å². The van der Waals surface area contributed by atoms with Crippen LogP contribution in [0.1, 0.15) is 29.3 Å². The number of sulfonamides is 1. The van der Waals surface area contributed by atoms with Gasteiger partial charge in [0.1, 0.15) is 6.61 Å². The molecule has 0 atom stereocenters. The topological polar surface area (TPSA) is 114 Å². The molecule has 29 heavy (non-hydrogen) atoms. The molecule has 8 nitrogen and oxygen atoms in total. The first-order valence-electron chi connectivity index (χ1n) is 9.05. The molecule has 0 unspecified atom stereocenters. The smallest absolute Gasteiger partial charge is 0.330 e. The van der Waals surface area contributed by atoms with Crippen molar-refractivity contribution in [3.63, 3.8) is 0 Å². The maximum absolute atomic E-state index is 12.0. The first kappa shape index (κ1) is 22.3. The average molecular weight is 417 g/mol. The molecule has 0 fully saturated rings. The van der Waals surface area contributed by atoms with Gasteiger partial charge in [-0.15, -0.1) is 0 Å². The summed E-state index contributed by atoms with van der Waals surface area (Å²) in [6.07, 6.45) is 6.50. The normalized spacial score (nSPS) is 11.3. The third-order valence-electron chi connectivity index (χ3n) is 3.72. The third kappa shape index (κ3) is 7.47. The first-order chi connectivity index (χ1) is 13.9. The Bertz CT molecular complexity index is 942. The molecule has 1 amide bonds. The molecule has 2 N–H and O–H groups in total. The molecule has 154 valence electrons. The summed E-state index contributed by atoms with van der Waals surface area (Å²) in [5.41, 5.74) is 1.13. The molecule has 0 aliphatic carbocycles. The Hall–Kier alpha value is -3.04. The van der Waals surface area contributed by atoms with Crippen LogP contribution < -0.4 is 10.0 Å². The number of esters is 1. The number of pyridine rings is 1. The number of nitrogens with one attached hydrogen (secondary N) is 2. The van der Waals surface area contributed by atoms with Crippen molar-refractivity contribution in [1.82, 2.24) is 15.0 Å². The second-order valence-electron chi connectivity index (χ2n) is 5.96. The number of ether oxygens (including phenoxy) is 1. The van der Waals surface area contributed by atoms with Crippen molar-refractivity contribution in [3.8, 4) is 0 Å². The fraction of sp³-hybridized carbons (Fsp3) is 0.250. The molecule has 0 saturated heterocycles. The number of nitrogens with zero attached hydrogens (tertiary/aromatic N) is 1. The molecule has 2 rings (SSSR count). The largest absolute Gasteiger partial charge is 0.461 e. The fourth-order valence-corrected chi connectivity index (χ4v) is 3.35. The number of benzene rings is 1. The van der Waals surface area contributed by atoms with Crippen LogP contribution >= 0.6 is 0 Å². The number of carbonyl (C=O) groups is 2. The van der Waals surface area contributed by atoms with Gasteiger partial charge >= 0.3 is 5.97 Å². The van der Waals surface area contributed by atoms with E-state index in [1.54, 1.807) is 24.3 Å². The van der Waals surface area contributed by atoms with E-state index in [1.807, 2.05) is 6.92 Å². The predicted molar refractivity (Wildman–Crippen MR) is 108 cm³/mol. The van der Waals surface area contributed by atoms with Crippen LogP contribution in [0.25, 0.3) is 6.08 Å². The molecule has 0 bridgehead atoms. The van der Waals surface area contributed by atoms with E-state index in [0.717, 1.165) is 0 Å². The molecule has 2 aromatic rings. The number of amides is 1. The number of hydrogen-bond donors (Lipinski definition) is 2.